The minimum atomic E-state index is -0.796. The zero-order chi connectivity index (χ0) is 6.15. The molecule has 1 aliphatic heterocycles. The monoisotopic (exact) mass is 110 g/mol. The van der Waals surface area contributed by atoms with Gasteiger partial charge in [-0.1, -0.05) is 6.58 Å². The molecule has 1 rings (SSSR count). The van der Waals surface area contributed by atoms with Gasteiger partial charge in [0.05, 0.1) is 5.76 Å². The minimum absolute atomic E-state index is 0.627. The molecule has 0 fully saturated rings. The number of hydrogen-bond donors (Lipinski definition) is 1. The molecule has 0 atom stereocenters. The molecule has 1 N–H and O–H groups in total. The van der Waals surface area contributed by atoms with Crippen molar-refractivity contribution >= 4 is 7.12 Å². The molecule has 0 aromatic carbocycles. The zero-order valence-electron chi connectivity index (χ0n) is 4.72. The fraction of sp³-hybridized carbons (Fsp3) is 0.200. The van der Waals surface area contributed by atoms with Crippen molar-refractivity contribution in [1.29, 1.82) is 0 Å². The summed E-state index contributed by atoms with van der Waals surface area (Å²) in [7, 11) is -0.796. The van der Waals surface area contributed by atoms with Crippen LogP contribution in [0.2, 0.25) is 0 Å². The second-order valence-corrected chi connectivity index (χ2v) is 1.80. The lowest BCUT2D eigenvalue weighted by Gasteiger charge is -1.96. The molecule has 0 saturated carbocycles. The third-order valence-electron chi connectivity index (χ3n) is 1.00. The molecule has 0 aliphatic carbocycles. The Morgan fingerprint density at radius 3 is 2.62 bits per heavy atom. The fourth-order valence-corrected chi connectivity index (χ4v) is 0.618. The van der Waals surface area contributed by atoms with Crippen molar-refractivity contribution in [3.63, 3.8) is 0 Å². The molecule has 42 valence electrons. The maximum atomic E-state index is 8.79. The summed E-state index contributed by atoms with van der Waals surface area (Å²) in [6.45, 7) is 5.31. The molecule has 3 heteroatoms. The topological polar surface area (TPSA) is 29.5 Å². The van der Waals surface area contributed by atoms with E-state index in [4.69, 9.17) is 9.68 Å². The van der Waals surface area contributed by atoms with Gasteiger partial charge in [-0.15, -0.1) is 0 Å². The van der Waals surface area contributed by atoms with Crippen molar-refractivity contribution in [2.75, 3.05) is 0 Å². The smallest absolute Gasteiger partial charge is 0.536 e. The first-order valence-corrected chi connectivity index (χ1v) is 2.42. The first-order chi connectivity index (χ1) is 3.70. The molecule has 0 unspecified atom stereocenters. The third kappa shape index (κ3) is 0.769. The average molecular weight is 110 g/mol. The first kappa shape index (κ1) is 5.44. The molecule has 8 heavy (non-hydrogen) atoms. The van der Waals surface area contributed by atoms with Crippen molar-refractivity contribution in [3.05, 3.63) is 23.9 Å². The van der Waals surface area contributed by atoms with E-state index in [9.17, 15) is 0 Å². The van der Waals surface area contributed by atoms with E-state index in [0.717, 1.165) is 5.76 Å². The Bertz CT molecular complexity index is 151. The van der Waals surface area contributed by atoms with Crippen LogP contribution in [-0.2, 0) is 4.65 Å². The Kier molecular flexibility index (Phi) is 1.14. The Labute approximate surface area is 48.6 Å². The molecule has 0 bridgehead atoms. The molecule has 1 aliphatic rings. The highest BCUT2D eigenvalue weighted by Crippen LogP contribution is 2.14. The van der Waals surface area contributed by atoms with E-state index in [-0.39, 0.29) is 0 Å². The molecular weight excluding hydrogens is 103 g/mol. The van der Waals surface area contributed by atoms with Gasteiger partial charge in [0.2, 0.25) is 0 Å². The second kappa shape index (κ2) is 1.67. The predicted molar refractivity (Wildman–Crippen MR) is 32.0 cm³/mol. The Morgan fingerprint density at radius 2 is 2.50 bits per heavy atom. The van der Waals surface area contributed by atoms with Gasteiger partial charge >= 0.3 is 7.12 Å². The Hall–Kier alpha value is -0.695. The van der Waals surface area contributed by atoms with Crippen LogP contribution in [-0.4, -0.2) is 12.1 Å². The van der Waals surface area contributed by atoms with Crippen LogP contribution in [0.5, 0.6) is 0 Å². The van der Waals surface area contributed by atoms with Gasteiger partial charge in [0, 0.05) is 0 Å². The zero-order valence-corrected chi connectivity index (χ0v) is 4.72. The fourth-order valence-electron chi connectivity index (χ4n) is 0.618. The third-order valence-corrected chi connectivity index (χ3v) is 1.00. The van der Waals surface area contributed by atoms with E-state index < -0.39 is 7.12 Å². The summed E-state index contributed by atoms with van der Waals surface area (Å²) < 4.78 is 4.79. The lowest BCUT2D eigenvalue weighted by molar-refractivity contribution is 0.361. The molecular formula is C5H7BO2. The van der Waals surface area contributed by atoms with E-state index in [1.54, 1.807) is 13.0 Å². The van der Waals surface area contributed by atoms with E-state index >= 15 is 0 Å². The van der Waals surface area contributed by atoms with Gasteiger partial charge in [0.15, 0.2) is 0 Å². The Balaban J connectivity index is 2.70. The van der Waals surface area contributed by atoms with Crippen LogP contribution in [0.1, 0.15) is 6.92 Å². The average Bonchev–Trinajstić information content (AvgIpc) is 1.85. The standard InChI is InChI=1S/C5H7BO2/c1-4-3-5(2)8-6(4)7/h3,7H,1H2,2H3. The second-order valence-electron chi connectivity index (χ2n) is 1.80. The molecule has 2 nitrogen and oxygen atoms in total. The number of hydrogen-bond acceptors (Lipinski definition) is 2. The molecule has 1 heterocycles. The summed E-state index contributed by atoms with van der Waals surface area (Å²) in [5, 5.41) is 8.79. The van der Waals surface area contributed by atoms with Gasteiger partial charge in [-0.3, -0.25) is 0 Å². The van der Waals surface area contributed by atoms with Gasteiger partial charge in [-0.25, -0.2) is 0 Å². The van der Waals surface area contributed by atoms with Crippen molar-refractivity contribution < 1.29 is 9.68 Å². The number of rotatable bonds is 0. The van der Waals surface area contributed by atoms with Crippen molar-refractivity contribution in [2.24, 2.45) is 0 Å². The molecule has 0 amide bonds. The highest BCUT2D eigenvalue weighted by atomic mass is 16.5. The summed E-state index contributed by atoms with van der Waals surface area (Å²) in [5.74, 6) is 0.725. The van der Waals surface area contributed by atoms with Gasteiger partial charge < -0.3 is 9.68 Å². The van der Waals surface area contributed by atoms with Crippen LogP contribution in [0.3, 0.4) is 0 Å². The van der Waals surface area contributed by atoms with Crippen LogP contribution < -0.4 is 0 Å². The van der Waals surface area contributed by atoms with Gasteiger partial charge in [0.25, 0.3) is 0 Å². The lowest BCUT2D eigenvalue weighted by Crippen LogP contribution is -2.12. The van der Waals surface area contributed by atoms with E-state index in [1.807, 2.05) is 0 Å². The van der Waals surface area contributed by atoms with Gasteiger partial charge in [-0.2, -0.15) is 0 Å². The largest absolute Gasteiger partial charge is 0.559 e. The maximum absolute atomic E-state index is 8.79. The highest BCUT2D eigenvalue weighted by molar-refractivity contribution is 6.54. The number of allylic oxidation sites excluding steroid dienone is 3. The summed E-state index contributed by atoms with van der Waals surface area (Å²) in [5.41, 5.74) is 0.627. The SMILES string of the molecule is C=C1C=C(C)OB1O. The van der Waals surface area contributed by atoms with Crippen LogP contribution in [0.15, 0.2) is 23.9 Å². The van der Waals surface area contributed by atoms with Crippen LogP contribution in [0.4, 0.5) is 0 Å². The predicted octanol–water partition coefficient (Wildman–Crippen LogP) is 0.496. The lowest BCUT2D eigenvalue weighted by atomic mass is 9.82. The van der Waals surface area contributed by atoms with Crippen molar-refractivity contribution in [1.82, 2.24) is 0 Å². The van der Waals surface area contributed by atoms with Gasteiger partial charge in [-0.05, 0) is 18.5 Å². The summed E-state index contributed by atoms with van der Waals surface area (Å²) >= 11 is 0. The maximum Gasteiger partial charge on any atom is 0.559 e. The van der Waals surface area contributed by atoms with Gasteiger partial charge in [0.1, 0.15) is 0 Å². The quantitative estimate of drug-likeness (QED) is 0.460. The first-order valence-electron chi connectivity index (χ1n) is 2.42. The molecule has 0 aromatic heterocycles. The van der Waals surface area contributed by atoms with Crippen LogP contribution >= 0.6 is 0 Å². The Morgan fingerprint density at radius 1 is 1.88 bits per heavy atom. The molecule has 0 aromatic rings. The van der Waals surface area contributed by atoms with Crippen LogP contribution in [0, 0.1) is 0 Å². The normalized spacial score (nSPS) is 18.5. The highest BCUT2D eigenvalue weighted by Gasteiger charge is 2.23. The van der Waals surface area contributed by atoms with Crippen molar-refractivity contribution in [3.8, 4) is 0 Å². The van der Waals surface area contributed by atoms with Crippen LogP contribution in [0.25, 0.3) is 0 Å². The van der Waals surface area contributed by atoms with E-state index in [1.165, 1.54) is 0 Å². The summed E-state index contributed by atoms with van der Waals surface area (Å²) in [6.07, 6.45) is 1.71. The van der Waals surface area contributed by atoms with E-state index in [2.05, 4.69) is 6.58 Å². The van der Waals surface area contributed by atoms with E-state index in [0.29, 0.717) is 5.47 Å². The molecule has 0 saturated heterocycles. The molecule has 0 radical (unpaired) electrons. The molecule has 0 spiro atoms. The summed E-state index contributed by atoms with van der Waals surface area (Å²) in [6, 6.07) is 0. The summed E-state index contributed by atoms with van der Waals surface area (Å²) in [4.78, 5) is 0. The minimum Gasteiger partial charge on any atom is -0.536 e. The van der Waals surface area contributed by atoms with Crippen molar-refractivity contribution in [2.45, 2.75) is 6.92 Å².